The van der Waals surface area contributed by atoms with Crippen molar-refractivity contribution in [2.45, 2.75) is 19.3 Å². The first-order chi connectivity index (χ1) is 8.25. The minimum absolute atomic E-state index is 0.0309. The Morgan fingerprint density at radius 3 is 2.53 bits per heavy atom. The van der Waals surface area contributed by atoms with Crippen LogP contribution in [0.4, 0.5) is 5.69 Å². The molecule has 0 unspecified atom stereocenters. The summed E-state index contributed by atoms with van der Waals surface area (Å²) in [4.78, 5) is 23.3. The molecule has 0 saturated heterocycles. The van der Waals surface area contributed by atoms with Gasteiger partial charge in [-0.05, 0) is 43.7 Å². The van der Waals surface area contributed by atoms with Gasteiger partial charge in [0.25, 0.3) is 0 Å². The number of nitrogens with one attached hydrogen (secondary N) is 2. The third-order valence-electron chi connectivity index (χ3n) is 2.78. The average molecular weight is 232 g/mol. The van der Waals surface area contributed by atoms with Gasteiger partial charge in [0, 0.05) is 17.7 Å². The highest BCUT2D eigenvalue weighted by molar-refractivity contribution is 5.98. The van der Waals surface area contributed by atoms with E-state index in [1.165, 1.54) is 0 Å². The van der Waals surface area contributed by atoms with E-state index in [1.807, 2.05) is 0 Å². The first-order valence-electron chi connectivity index (χ1n) is 5.89. The molecular formula is C13H16N2O2. The number of carbonyl (C=O) groups is 2. The maximum absolute atomic E-state index is 11.7. The van der Waals surface area contributed by atoms with E-state index in [4.69, 9.17) is 0 Å². The van der Waals surface area contributed by atoms with Crippen LogP contribution in [-0.2, 0) is 4.79 Å². The van der Waals surface area contributed by atoms with Crippen LogP contribution in [0.1, 0.15) is 29.6 Å². The second-order valence-corrected chi connectivity index (χ2v) is 4.18. The Labute approximate surface area is 100 Å². The van der Waals surface area contributed by atoms with E-state index in [1.54, 1.807) is 24.3 Å². The second kappa shape index (κ2) is 5.59. The van der Waals surface area contributed by atoms with Gasteiger partial charge < -0.3 is 10.6 Å². The molecule has 90 valence electrons. The van der Waals surface area contributed by atoms with E-state index >= 15 is 0 Å². The number of Topliss-reactive ketones (excluding diaryl/α,β-unsaturated/α-hetero) is 1. The number of fused-ring (bicyclic) bond motifs is 10. The molecule has 3 rings (SSSR count). The molecule has 0 radical (unpaired) electrons. The Bertz CT molecular complexity index is 412. The van der Waals surface area contributed by atoms with E-state index in [2.05, 4.69) is 10.6 Å². The maximum atomic E-state index is 11.7. The predicted molar refractivity (Wildman–Crippen MR) is 66.1 cm³/mol. The summed E-state index contributed by atoms with van der Waals surface area (Å²) in [6.07, 6.45) is 2.27. The van der Waals surface area contributed by atoms with Crippen molar-refractivity contribution < 1.29 is 9.59 Å². The third-order valence-corrected chi connectivity index (χ3v) is 2.78. The summed E-state index contributed by atoms with van der Waals surface area (Å²) in [6, 6.07) is 7.03. The predicted octanol–water partition coefficient (Wildman–Crippen LogP) is 1.58. The lowest BCUT2D eigenvalue weighted by Crippen LogP contribution is -2.24. The highest BCUT2D eigenvalue weighted by Gasteiger charge is 2.08. The lowest BCUT2D eigenvalue weighted by molar-refractivity contribution is -0.116. The minimum Gasteiger partial charge on any atom is -0.326 e. The fourth-order valence-electron chi connectivity index (χ4n) is 1.80. The van der Waals surface area contributed by atoms with Crippen LogP contribution in [-0.4, -0.2) is 24.8 Å². The van der Waals surface area contributed by atoms with Crippen molar-refractivity contribution in [1.82, 2.24) is 5.32 Å². The van der Waals surface area contributed by atoms with Crippen molar-refractivity contribution in [2.24, 2.45) is 0 Å². The molecule has 0 aromatic heterocycles. The molecule has 0 spiro atoms. The molecule has 17 heavy (non-hydrogen) atoms. The van der Waals surface area contributed by atoms with Gasteiger partial charge in [-0.3, -0.25) is 9.59 Å². The SMILES string of the molecule is O=C1CCCCNCC(=O)c2ccc(cc2)N1. The highest BCUT2D eigenvalue weighted by atomic mass is 16.1. The van der Waals surface area contributed by atoms with Gasteiger partial charge in [-0.1, -0.05) is 0 Å². The number of hydrogen-bond acceptors (Lipinski definition) is 3. The van der Waals surface area contributed by atoms with Crippen LogP contribution in [0.3, 0.4) is 0 Å². The molecule has 4 nitrogen and oxygen atoms in total. The summed E-state index contributed by atoms with van der Waals surface area (Å²) in [7, 11) is 0. The summed E-state index contributed by atoms with van der Waals surface area (Å²) >= 11 is 0. The van der Waals surface area contributed by atoms with Gasteiger partial charge in [0.15, 0.2) is 5.78 Å². The second-order valence-electron chi connectivity index (χ2n) is 4.18. The van der Waals surface area contributed by atoms with Crippen LogP contribution < -0.4 is 10.6 Å². The zero-order valence-electron chi connectivity index (χ0n) is 9.66. The first kappa shape index (κ1) is 11.8. The van der Waals surface area contributed by atoms with Gasteiger partial charge in [0.05, 0.1) is 6.54 Å². The molecule has 1 amide bonds. The molecule has 1 aromatic carbocycles. The number of ketones is 1. The molecule has 2 aliphatic rings. The molecule has 0 atom stereocenters. The van der Waals surface area contributed by atoms with Gasteiger partial charge in [0.2, 0.25) is 5.91 Å². The Morgan fingerprint density at radius 2 is 1.76 bits per heavy atom. The van der Waals surface area contributed by atoms with E-state index < -0.39 is 0 Å². The lowest BCUT2D eigenvalue weighted by atomic mass is 10.1. The quantitative estimate of drug-likeness (QED) is 0.714. The van der Waals surface area contributed by atoms with Crippen LogP contribution in [0.15, 0.2) is 24.3 Å². The summed E-state index contributed by atoms with van der Waals surface area (Å²) in [6.45, 7) is 1.14. The van der Waals surface area contributed by atoms with E-state index in [-0.39, 0.29) is 11.7 Å². The minimum atomic E-state index is 0.0309. The Morgan fingerprint density at radius 1 is 1.00 bits per heavy atom. The number of anilines is 1. The largest absolute Gasteiger partial charge is 0.326 e. The Hall–Kier alpha value is -1.68. The van der Waals surface area contributed by atoms with Crippen LogP contribution >= 0.6 is 0 Å². The van der Waals surface area contributed by atoms with Gasteiger partial charge in [-0.15, -0.1) is 0 Å². The van der Waals surface area contributed by atoms with Crippen molar-refractivity contribution in [2.75, 3.05) is 18.4 Å². The molecule has 2 bridgehead atoms. The summed E-state index contributed by atoms with van der Waals surface area (Å²) in [5, 5.41) is 5.91. The number of rotatable bonds is 0. The van der Waals surface area contributed by atoms with Crippen molar-refractivity contribution in [1.29, 1.82) is 0 Å². The molecule has 0 aliphatic carbocycles. The molecular weight excluding hydrogens is 216 g/mol. The van der Waals surface area contributed by atoms with Gasteiger partial charge >= 0.3 is 0 Å². The fraction of sp³-hybridized carbons (Fsp3) is 0.385. The standard InChI is InChI=1S/C13H16N2O2/c16-12-9-14-8-2-1-3-13(17)15-11-6-4-10(12)5-7-11/h4-7,14H,1-3,8-9H2,(H,15,17). The van der Waals surface area contributed by atoms with E-state index in [9.17, 15) is 9.59 Å². The van der Waals surface area contributed by atoms with E-state index in [0.29, 0.717) is 18.5 Å². The van der Waals surface area contributed by atoms with Crippen LogP contribution in [0.2, 0.25) is 0 Å². The first-order valence-corrected chi connectivity index (χ1v) is 5.89. The summed E-state index contributed by atoms with van der Waals surface area (Å²) in [5.41, 5.74) is 1.42. The summed E-state index contributed by atoms with van der Waals surface area (Å²) in [5.74, 6) is 0.116. The molecule has 0 fully saturated rings. The smallest absolute Gasteiger partial charge is 0.224 e. The number of benzene rings is 1. The van der Waals surface area contributed by atoms with Crippen molar-refractivity contribution in [3.05, 3.63) is 29.8 Å². The molecule has 4 heteroatoms. The van der Waals surface area contributed by atoms with Crippen LogP contribution in [0.5, 0.6) is 0 Å². The average Bonchev–Trinajstić information content (AvgIpc) is 2.35. The van der Waals surface area contributed by atoms with Gasteiger partial charge in [0.1, 0.15) is 0 Å². The molecule has 1 aromatic rings. The zero-order valence-corrected chi connectivity index (χ0v) is 9.66. The topological polar surface area (TPSA) is 58.2 Å². The van der Waals surface area contributed by atoms with Crippen molar-refractivity contribution in [3.8, 4) is 0 Å². The molecule has 0 saturated carbocycles. The highest BCUT2D eigenvalue weighted by Crippen LogP contribution is 2.11. The van der Waals surface area contributed by atoms with Gasteiger partial charge in [-0.25, -0.2) is 0 Å². The molecule has 2 heterocycles. The number of hydrogen-bond donors (Lipinski definition) is 2. The van der Waals surface area contributed by atoms with E-state index in [0.717, 1.165) is 25.1 Å². The zero-order chi connectivity index (χ0) is 12.1. The normalized spacial score (nSPS) is 17.9. The lowest BCUT2D eigenvalue weighted by Gasteiger charge is -2.04. The summed E-state index contributed by atoms with van der Waals surface area (Å²) < 4.78 is 0. The molecule has 2 N–H and O–H groups in total. The monoisotopic (exact) mass is 232 g/mol. The van der Waals surface area contributed by atoms with Crippen molar-refractivity contribution >= 4 is 17.4 Å². The number of carbonyl (C=O) groups excluding carboxylic acids is 2. The third kappa shape index (κ3) is 3.39. The fourth-order valence-corrected chi connectivity index (χ4v) is 1.80. The number of amides is 1. The maximum Gasteiger partial charge on any atom is 0.224 e. The van der Waals surface area contributed by atoms with Crippen molar-refractivity contribution in [3.63, 3.8) is 0 Å². The molecule has 2 aliphatic heterocycles. The van der Waals surface area contributed by atoms with Crippen LogP contribution in [0.25, 0.3) is 0 Å². The van der Waals surface area contributed by atoms with Gasteiger partial charge in [-0.2, -0.15) is 0 Å². The Balaban J connectivity index is 2.15. The van der Waals surface area contributed by atoms with Crippen LogP contribution in [0, 0.1) is 0 Å². The Kier molecular flexibility index (Phi) is 3.88.